The van der Waals surface area contributed by atoms with Crippen LogP contribution in [0.4, 0.5) is 0 Å². The van der Waals surface area contributed by atoms with E-state index in [0.717, 1.165) is 9.99 Å². The van der Waals surface area contributed by atoms with Crippen molar-refractivity contribution in [3.8, 4) is 0 Å². The van der Waals surface area contributed by atoms with Crippen molar-refractivity contribution < 1.29 is 9.90 Å². The van der Waals surface area contributed by atoms with E-state index >= 15 is 0 Å². The minimum Gasteiger partial charge on any atom is -0.477 e. The van der Waals surface area contributed by atoms with E-state index in [1.807, 2.05) is 10.8 Å². The van der Waals surface area contributed by atoms with Crippen LogP contribution in [0.25, 0.3) is 0 Å². The van der Waals surface area contributed by atoms with E-state index < -0.39 is 5.97 Å². The highest BCUT2D eigenvalue weighted by Crippen LogP contribution is 2.35. The van der Waals surface area contributed by atoms with Gasteiger partial charge in [0.2, 0.25) is 0 Å². The van der Waals surface area contributed by atoms with Gasteiger partial charge in [0, 0.05) is 15.8 Å². The monoisotopic (exact) mass is 333 g/mol. The molecule has 16 heavy (non-hydrogen) atoms. The number of hydrogen-bond donors (Lipinski definition) is 1. The number of carbonyl (C=O) groups is 1. The third-order valence-electron chi connectivity index (χ3n) is 3.46. The van der Waals surface area contributed by atoms with Gasteiger partial charge < -0.3 is 9.67 Å². The molecule has 88 valence electrons. The highest BCUT2D eigenvalue weighted by Gasteiger charge is 2.26. The Morgan fingerprint density at radius 2 is 2.19 bits per heavy atom. The molecule has 3 nitrogen and oxygen atoms in total. The zero-order chi connectivity index (χ0) is 11.7. The lowest BCUT2D eigenvalue weighted by Crippen LogP contribution is -2.23. The van der Waals surface area contributed by atoms with Crippen LogP contribution in [0.5, 0.6) is 0 Å². The average molecular weight is 333 g/mol. The van der Waals surface area contributed by atoms with Gasteiger partial charge in [0.15, 0.2) is 0 Å². The molecule has 1 saturated carbocycles. The van der Waals surface area contributed by atoms with Gasteiger partial charge in [0.25, 0.3) is 0 Å². The Bertz CT molecular complexity index is 400. The van der Waals surface area contributed by atoms with Crippen LogP contribution in [0.2, 0.25) is 0 Å². The third kappa shape index (κ3) is 2.26. The molecule has 2 rings (SSSR count). The minimum atomic E-state index is -0.819. The standard InChI is InChI=1S/C12H16INO2/c1-8-4-2-3-5-10(8)14-7-9(13)6-11(14)12(15)16/h6-8,10H,2-5H2,1H3,(H,15,16). The molecular weight excluding hydrogens is 317 g/mol. The second kappa shape index (κ2) is 4.77. The molecule has 1 aromatic heterocycles. The lowest BCUT2D eigenvalue weighted by molar-refractivity contribution is 0.0678. The molecule has 2 atom stereocenters. The number of aromatic carboxylic acids is 1. The van der Waals surface area contributed by atoms with E-state index in [0.29, 0.717) is 17.7 Å². The third-order valence-corrected chi connectivity index (χ3v) is 4.05. The number of carboxylic acids is 1. The molecule has 1 aromatic rings. The molecule has 1 aliphatic rings. The predicted octanol–water partition coefficient (Wildman–Crippen LogP) is 3.54. The fourth-order valence-electron chi connectivity index (χ4n) is 2.60. The molecule has 1 aliphatic carbocycles. The van der Waals surface area contributed by atoms with Crippen LogP contribution in [0.15, 0.2) is 12.3 Å². The smallest absolute Gasteiger partial charge is 0.352 e. The van der Waals surface area contributed by atoms with E-state index in [1.54, 1.807) is 6.07 Å². The average Bonchev–Trinajstić information content (AvgIpc) is 2.61. The summed E-state index contributed by atoms with van der Waals surface area (Å²) in [7, 11) is 0. The van der Waals surface area contributed by atoms with Gasteiger partial charge in [0.05, 0.1) is 0 Å². The Balaban J connectivity index is 2.34. The first-order valence-corrected chi connectivity index (χ1v) is 6.78. The van der Waals surface area contributed by atoms with E-state index in [2.05, 4.69) is 29.5 Å². The van der Waals surface area contributed by atoms with Crippen LogP contribution in [0.1, 0.15) is 49.1 Å². The van der Waals surface area contributed by atoms with Crippen molar-refractivity contribution in [2.24, 2.45) is 5.92 Å². The Labute approximate surface area is 109 Å². The summed E-state index contributed by atoms with van der Waals surface area (Å²) in [4.78, 5) is 11.2. The van der Waals surface area contributed by atoms with Crippen molar-refractivity contribution in [1.29, 1.82) is 0 Å². The zero-order valence-electron chi connectivity index (χ0n) is 9.32. The van der Waals surface area contributed by atoms with Gasteiger partial charge in [-0.1, -0.05) is 19.8 Å². The Morgan fingerprint density at radius 3 is 2.81 bits per heavy atom. The molecule has 0 saturated heterocycles. The second-order valence-electron chi connectivity index (χ2n) is 4.59. The Hall–Kier alpha value is -0.520. The van der Waals surface area contributed by atoms with Crippen molar-refractivity contribution >= 4 is 28.6 Å². The SMILES string of the molecule is CC1CCCCC1n1cc(I)cc1C(=O)O. The van der Waals surface area contributed by atoms with Crippen molar-refractivity contribution in [3.63, 3.8) is 0 Å². The molecule has 4 heteroatoms. The highest BCUT2D eigenvalue weighted by molar-refractivity contribution is 14.1. The fourth-order valence-corrected chi connectivity index (χ4v) is 3.20. The van der Waals surface area contributed by atoms with E-state index in [4.69, 9.17) is 0 Å². The first-order valence-electron chi connectivity index (χ1n) is 5.70. The molecule has 2 unspecified atom stereocenters. The first-order chi connectivity index (χ1) is 7.59. The van der Waals surface area contributed by atoms with Crippen LogP contribution in [-0.2, 0) is 0 Å². The van der Waals surface area contributed by atoms with Crippen molar-refractivity contribution in [1.82, 2.24) is 4.57 Å². The number of nitrogens with zero attached hydrogens (tertiary/aromatic N) is 1. The molecule has 0 spiro atoms. The first kappa shape index (κ1) is 12.0. The van der Waals surface area contributed by atoms with E-state index in [9.17, 15) is 9.90 Å². The normalized spacial score (nSPS) is 25.6. The molecule has 0 aliphatic heterocycles. The lowest BCUT2D eigenvalue weighted by atomic mass is 9.85. The van der Waals surface area contributed by atoms with Crippen LogP contribution < -0.4 is 0 Å². The Kier molecular flexibility index (Phi) is 3.56. The molecule has 0 bridgehead atoms. The van der Waals surface area contributed by atoms with Crippen LogP contribution in [-0.4, -0.2) is 15.6 Å². The molecule has 1 N–H and O–H groups in total. The predicted molar refractivity (Wildman–Crippen MR) is 70.8 cm³/mol. The van der Waals surface area contributed by atoms with Crippen molar-refractivity contribution in [2.75, 3.05) is 0 Å². The number of halogens is 1. The summed E-state index contributed by atoms with van der Waals surface area (Å²) in [6.07, 6.45) is 6.77. The minimum absolute atomic E-state index is 0.364. The maximum absolute atomic E-state index is 11.2. The summed E-state index contributed by atoms with van der Waals surface area (Å²) in [5, 5.41) is 9.17. The second-order valence-corrected chi connectivity index (χ2v) is 5.83. The van der Waals surface area contributed by atoms with Gasteiger partial charge in [0.1, 0.15) is 5.69 Å². The molecule has 1 heterocycles. The summed E-state index contributed by atoms with van der Waals surface area (Å²) in [6.45, 7) is 2.22. The maximum atomic E-state index is 11.2. The van der Waals surface area contributed by atoms with E-state index in [1.165, 1.54) is 19.3 Å². The van der Waals surface area contributed by atoms with Crippen molar-refractivity contribution in [3.05, 3.63) is 21.5 Å². The van der Waals surface area contributed by atoms with Gasteiger partial charge >= 0.3 is 5.97 Å². The molecule has 1 fully saturated rings. The molecular formula is C12H16INO2. The lowest BCUT2D eigenvalue weighted by Gasteiger charge is -2.30. The van der Waals surface area contributed by atoms with Crippen molar-refractivity contribution in [2.45, 2.75) is 38.6 Å². The molecule has 0 amide bonds. The summed E-state index contributed by atoms with van der Waals surface area (Å²) in [6, 6.07) is 2.12. The topological polar surface area (TPSA) is 42.2 Å². The quantitative estimate of drug-likeness (QED) is 0.841. The number of aromatic nitrogens is 1. The summed E-state index contributed by atoms with van der Waals surface area (Å²) in [5.41, 5.74) is 0.433. The fraction of sp³-hybridized carbons (Fsp3) is 0.583. The highest BCUT2D eigenvalue weighted by atomic mass is 127. The molecule has 0 radical (unpaired) electrons. The van der Waals surface area contributed by atoms with Gasteiger partial charge in [-0.25, -0.2) is 4.79 Å². The number of hydrogen-bond acceptors (Lipinski definition) is 1. The zero-order valence-corrected chi connectivity index (χ0v) is 11.5. The van der Waals surface area contributed by atoms with Crippen LogP contribution >= 0.6 is 22.6 Å². The maximum Gasteiger partial charge on any atom is 0.352 e. The number of rotatable bonds is 2. The van der Waals surface area contributed by atoms with Crippen LogP contribution in [0.3, 0.4) is 0 Å². The van der Waals surface area contributed by atoms with Gasteiger partial charge in [-0.15, -0.1) is 0 Å². The van der Waals surface area contributed by atoms with Crippen LogP contribution in [0, 0.1) is 9.49 Å². The van der Waals surface area contributed by atoms with Gasteiger partial charge in [-0.2, -0.15) is 0 Å². The summed E-state index contributed by atoms with van der Waals surface area (Å²) in [5.74, 6) is -0.240. The number of carboxylic acid groups (broad SMARTS) is 1. The van der Waals surface area contributed by atoms with E-state index in [-0.39, 0.29) is 0 Å². The van der Waals surface area contributed by atoms with Gasteiger partial charge in [-0.3, -0.25) is 0 Å². The Morgan fingerprint density at radius 1 is 1.50 bits per heavy atom. The largest absolute Gasteiger partial charge is 0.477 e. The summed E-state index contributed by atoms with van der Waals surface area (Å²) >= 11 is 2.18. The molecule has 0 aromatic carbocycles. The van der Waals surface area contributed by atoms with Gasteiger partial charge in [-0.05, 0) is 47.4 Å². The summed E-state index contributed by atoms with van der Waals surface area (Å²) < 4.78 is 2.97.